The Balaban J connectivity index is 2.63. The van der Waals surface area contributed by atoms with Crippen LogP contribution in [0.5, 0.6) is 0 Å². The van der Waals surface area contributed by atoms with E-state index in [9.17, 15) is 4.79 Å². The Morgan fingerprint density at radius 2 is 1.89 bits per heavy atom. The maximum Gasteiger partial charge on any atom is 0.222 e. The minimum Gasteiger partial charge on any atom is -0.396 e. The van der Waals surface area contributed by atoms with Crippen LogP contribution in [0.2, 0.25) is 0 Å². The largest absolute Gasteiger partial charge is 0.396 e. The van der Waals surface area contributed by atoms with Gasteiger partial charge in [-0.2, -0.15) is 0 Å². The van der Waals surface area contributed by atoms with E-state index in [0.717, 1.165) is 6.42 Å². The molecule has 2 N–H and O–H groups in total. The second-order valence-corrected chi connectivity index (χ2v) is 5.18. The number of benzene rings is 1. The van der Waals surface area contributed by atoms with Crippen molar-refractivity contribution in [3.05, 3.63) is 35.4 Å². The number of aliphatic hydroxyl groups is 1. The minimum absolute atomic E-state index is 0.0997. The van der Waals surface area contributed by atoms with Crippen molar-refractivity contribution in [2.75, 3.05) is 13.2 Å². The molecule has 0 radical (unpaired) electrons. The molecule has 0 heterocycles. The highest BCUT2D eigenvalue weighted by Crippen LogP contribution is 2.22. The van der Waals surface area contributed by atoms with E-state index in [-0.39, 0.29) is 24.3 Å². The molecule has 0 aliphatic heterocycles. The van der Waals surface area contributed by atoms with Gasteiger partial charge in [-0.1, -0.05) is 45.0 Å². The van der Waals surface area contributed by atoms with Crippen molar-refractivity contribution in [2.45, 2.75) is 39.0 Å². The summed E-state index contributed by atoms with van der Waals surface area (Å²) in [5.41, 5.74) is 2.43. The first-order valence-electron chi connectivity index (χ1n) is 6.46. The highest BCUT2D eigenvalue weighted by molar-refractivity contribution is 5.76. The van der Waals surface area contributed by atoms with Crippen molar-refractivity contribution in [1.29, 1.82) is 0 Å². The summed E-state index contributed by atoms with van der Waals surface area (Å²) in [7, 11) is 0. The lowest BCUT2D eigenvalue weighted by Gasteiger charge is -2.26. The van der Waals surface area contributed by atoms with Crippen molar-refractivity contribution in [3.63, 3.8) is 0 Å². The van der Waals surface area contributed by atoms with Crippen LogP contribution in [0, 0.1) is 0 Å². The second kappa shape index (κ2) is 6.55. The molecule has 0 atom stereocenters. The minimum atomic E-state index is -0.101. The Morgan fingerprint density at radius 3 is 2.39 bits per heavy atom. The van der Waals surface area contributed by atoms with E-state index in [2.05, 4.69) is 50.4 Å². The van der Waals surface area contributed by atoms with Gasteiger partial charge >= 0.3 is 0 Å². The van der Waals surface area contributed by atoms with Gasteiger partial charge in [0.1, 0.15) is 0 Å². The summed E-state index contributed by atoms with van der Waals surface area (Å²) in [6.45, 7) is 6.82. The standard InChI is InChI=1S/C15H23NO2/c1-4-12-5-7-13(8-6-12)15(2,3)11-16-14(18)9-10-17/h5-8,17H,4,9-11H2,1-3H3,(H,16,18). The number of carbonyl (C=O) groups is 1. The lowest BCUT2D eigenvalue weighted by molar-refractivity contribution is -0.121. The summed E-state index contributed by atoms with van der Waals surface area (Å²) in [4.78, 5) is 11.4. The molecule has 3 heteroatoms. The van der Waals surface area contributed by atoms with E-state index < -0.39 is 0 Å². The molecule has 3 nitrogen and oxygen atoms in total. The van der Waals surface area contributed by atoms with E-state index in [1.807, 2.05) is 0 Å². The Bertz CT molecular complexity index is 382. The SMILES string of the molecule is CCc1ccc(C(C)(C)CNC(=O)CCO)cc1. The molecule has 1 amide bonds. The van der Waals surface area contributed by atoms with Crippen molar-refractivity contribution in [3.8, 4) is 0 Å². The monoisotopic (exact) mass is 249 g/mol. The molecule has 1 rings (SSSR count). The first kappa shape index (κ1) is 14.7. The quantitative estimate of drug-likeness (QED) is 0.810. The van der Waals surface area contributed by atoms with E-state index in [4.69, 9.17) is 5.11 Å². The number of carbonyl (C=O) groups excluding carboxylic acids is 1. The molecule has 0 fully saturated rings. The maximum absolute atomic E-state index is 11.4. The predicted octanol–water partition coefficient (Wildman–Crippen LogP) is 2.03. The van der Waals surface area contributed by atoms with Gasteiger partial charge in [-0.05, 0) is 17.5 Å². The van der Waals surface area contributed by atoms with Crippen LogP contribution in [0.4, 0.5) is 0 Å². The summed E-state index contributed by atoms with van der Waals surface area (Å²) in [5.74, 6) is -0.101. The number of aryl methyl sites for hydroxylation is 1. The third-order valence-electron chi connectivity index (χ3n) is 3.21. The lowest BCUT2D eigenvalue weighted by atomic mass is 9.84. The third kappa shape index (κ3) is 4.15. The molecule has 0 aromatic heterocycles. The van der Waals surface area contributed by atoms with Crippen LogP contribution in [0.25, 0.3) is 0 Å². The van der Waals surface area contributed by atoms with Gasteiger partial charge in [0.15, 0.2) is 0 Å². The lowest BCUT2D eigenvalue weighted by Crippen LogP contribution is -2.36. The molecule has 0 aliphatic carbocycles. The molecule has 0 saturated carbocycles. The van der Waals surface area contributed by atoms with Crippen LogP contribution in [0.3, 0.4) is 0 Å². The molecule has 0 bridgehead atoms. The topological polar surface area (TPSA) is 49.3 Å². The number of rotatable bonds is 6. The van der Waals surface area contributed by atoms with Gasteiger partial charge in [0.05, 0.1) is 6.61 Å². The number of aliphatic hydroxyl groups excluding tert-OH is 1. The fraction of sp³-hybridized carbons (Fsp3) is 0.533. The number of amides is 1. The highest BCUT2D eigenvalue weighted by atomic mass is 16.3. The van der Waals surface area contributed by atoms with E-state index in [1.54, 1.807) is 0 Å². The van der Waals surface area contributed by atoms with E-state index in [1.165, 1.54) is 11.1 Å². The fourth-order valence-corrected chi connectivity index (χ4v) is 1.80. The number of nitrogens with one attached hydrogen (secondary N) is 1. The van der Waals surface area contributed by atoms with Gasteiger partial charge < -0.3 is 10.4 Å². The first-order chi connectivity index (χ1) is 8.49. The smallest absolute Gasteiger partial charge is 0.222 e. The summed E-state index contributed by atoms with van der Waals surface area (Å²) in [6.07, 6.45) is 1.21. The predicted molar refractivity (Wildman–Crippen MR) is 73.6 cm³/mol. The summed E-state index contributed by atoms with van der Waals surface area (Å²) < 4.78 is 0. The van der Waals surface area contributed by atoms with Gasteiger partial charge in [-0.25, -0.2) is 0 Å². The zero-order valence-corrected chi connectivity index (χ0v) is 11.5. The van der Waals surface area contributed by atoms with Crippen LogP contribution in [-0.2, 0) is 16.6 Å². The first-order valence-corrected chi connectivity index (χ1v) is 6.46. The van der Waals surface area contributed by atoms with Gasteiger partial charge in [0.2, 0.25) is 5.91 Å². The summed E-state index contributed by atoms with van der Waals surface area (Å²) >= 11 is 0. The summed E-state index contributed by atoms with van der Waals surface area (Å²) in [5, 5.41) is 11.5. The average molecular weight is 249 g/mol. The molecular weight excluding hydrogens is 226 g/mol. The van der Waals surface area contributed by atoms with Crippen molar-refractivity contribution in [2.24, 2.45) is 0 Å². The Labute approximate surface area is 109 Å². The molecule has 0 saturated heterocycles. The van der Waals surface area contributed by atoms with Gasteiger partial charge in [0, 0.05) is 18.4 Å². The van der Waals surface area contributed by atoms with Crippen molar-refractivity contribution in [1.82, 2.24) is 5.32 Å². The van der Waals surface area contributed by atoms with Crippen LogP contribution < -0.4 is 5.32 Å². The second-order valence-electron chi connectivity index (χ2n) is 5.18. The Morgan fingerprint density at radius 1 is 1.28 bits per heavy atom. The Kier molecular flexibility index (Phi) is 5.35. The number of hydrogen-bond acceptors (Lipinski definition) is 2. The molecule has 0 unspecified atom stereocenters. The molecule has 18 heavy (non-hydrogen) atoms. The fourth-order valence-electron chi connectivity index (χ4n) is 1.80. The Hall–Kier alpha value is -1.35. The van der Waals surface area contributed by atoms with Crippen molar-refractivity contribution < 1.29 is 9.90 Å². The van der Waals surface area contributed by atoms with Gasteiger partial charge in [-0.3, -0.25) is 4.79 Å². The van der Waals surface area contributed by atoms with Gasteiger partial charge in [0.25, 0.3) is 0 Å². The maximum atomic E-state index is 11.4. The molecule has 0 spiro atoms. The van der Waals surface area contributed by atoms with Crippen LogP contribution in [-0.4, -0.2) is 24.2 Å². The summed E-state index contributed by atoms with van der Waals surface area (Å²) in [6, 6.07) is 8.51. The average Bonchev–Trinajstić information content (AvgIpc) is 2.37. The third-order valence-corrected chi connectivity index (χ3v) is 3.21. The normalized spacial score (nSPS) is 11.3. The molecular formula is C15H23NO2. The van der Waals surface area contributed by atoms with Crippen LogP contribution in [0.15, 0.2) is 24.3 Å². The molecule has 0 aliphatic rings. The zero-order chi connectivity index (χ0) is 13.6. The molecule has 1 aromatic carbocycles. The van der Waals surface area contributed by atoms with E-state index in [0.29, 0.717) is 6.54 Å². The van der Waals surface area contributed by atoms with Crippen LogP contribution >= 0.6 is 0 Å². The molecule has 1 aromatic rings. The highest BCUT2D eigenvalue weighted by Gasteiger charge is 2.21. The number of hydrogen-bond donors (Lipinski definition) is 2. The molecule has 100 valence electrons. The van der Waals surface area contributed by atoms with Crippen LogP contribution in [0.1, 0.15) is 38.3 Å². The van der Waals surface area contributed by atoms with E-state index >= 15 is 0 Å². The van der Waals surface area contributed by atoms with Gasteiger partial charge in [-0.15, -0.1) is 0 Å². The van der Waals surface area contributed by atoms with Crippen molar-refractivity contribution >= 4 is 5.91 Å². The zero-order valence-electron chi connectivity index (χ0n) is 11.5.